The number of rotatable bonds is 4. The van der Waals surface area contributed by atoms with E-state index in [1.54, 1.807) is 17.5 Å². The van der Waals surface area contributed by atoms with Crippen molar-refractivity contribution in [2.45, 2.75) is 18.9 Å². The molecule has 2 N–H and O–H groups in total. The maximum absolute atomic E-state index is 11.8. The highest BCUT2D eigenvalue weighted by molar-refractivity contribution is 7.09. The normalized spacial score (nSPS) is 22.1. The zero-order chi connectivity index (χ0) is 12.1. The van der Waals surface area contributed by atoms with Gasteiger partial charge in [0.1, 0.15) is 6.10 Å². The summed E-state index contributed by atoms with van der Waals surface area (Å²) in [6, 6.07) is 0. The van der Waals surface area contributed by atoms with E-state index in [0.29, 0.717) is 19.7 Å². The second-order valence-corrected chi connectivity index (χ2v) is 5.01. The lowest BCUT2D eigenvalue weighted by Crippen LogP contribution is -2.48. The van der Waals surface area contributed by atoms with Gasteiger partial charge in [0, 0.05) is 37.1 Å². The molecule has 2 heterocycles. The molecule has 2 rings (SSSR count). The molecule has 1 aliphatic heterocycles. The topological polar surface area (TPSA) is 63.2 Å². The molecule has 94 valence electrons. The summed E-state index contributed by atoms with van der Waals surface area (Å²) in [4.78, 5) is 16.0. The van der Waals surface area contributed by atoms with Crippen LogP contribution in [-0.2, 0) is 9.53 Å². The number of aromatic nitrogens is 1. The zero-order valence-corrected chi connectivity index (χ0v) is 10.6. The molecule has 1 amide bonds. The van der Waals surface area contributed by atoms with Crippen molar-refractivity contribution in [1.29, 1.82) is 0 Å². The van der Waals surface area contributed by atoms with Gasteiger partial charge >= 0.3 is 0 Å². The van der Waals surface area contributed by atoms with Gasteiger partial charge in [0.05, 0.1) is 11.6 Å². The summed E-state index contributed by atoms with van der Waals surface area (Å²) >= 11 is 1.61. The van der Waals surface area contributed by atoms with Crippen LogP contribution in [-0.4, -0.2) is 43.2 Å². The largest absolute Gasteiger partial charge is 0.366 e. The highest BCUT2D eigenvalue weighted by Crippen LogP contribution is 2.16. The first-order chi connectivity index (χ1) is 8.27. The molecular formula is C11H17N3O2S. The van der Waals surface area contributed by atoms with E-state index in [0.717, 1.165) is 11.6 Å². The number of carbonyl (C=O) groups is 1. The third-order valence-corrected chi connectivity index (χ3v) is 3.68. The quantitative estimate of drug-likeness (QED) is 0.815. The first-order valence-corrected chi connectivity index (χ1v) is 6.64. The molecule has 5 nitrogen and oxygen atoms in total. The van der Waals surface area contributed by atoms with Crippen LogP contribution in [0, 0.1) is 0 Å². The Hall–Kier alpha value is -0.980. The fourth-order valence-electron chi connectivity index (χ4n) is 1.67. The van der Waals surface area contributed by atoms with Crippen LogP contribution >= 0.6 is 11.3 Å². The van der Waals surface area contributed by atoms with E-state index in [2.05, 4.69) is 22.5 Å². The van der Waals surface area contributed by atoms with Crippen molar-refractivity contribution < 1.29 is 9.53 Å². The second-order valence-electron chi connectivity index (χ2n) is 4.08. The Morgan fingerprint density at radius 1 is 1.82 bits per heavy atom. The van der Waals surface area contributed by atoms with Crippen LogP contribution in [0.2, 0.25) is 0 Å². The minimum Gasteiger partial charge on any atom is -0.366 e. The Balaban J connectivity index is 1.75. The summed E-state index contributed by atoms with van der Waals surface area (Å²) in [5, 5.41) is 9.03. The molecule has 2 unspecified atom stereocenters. The number of amides is 1. The van der Waals surface area contributed by atoms with Crippen molar-refractivity contribution in [3.05, 3.63) is 16.6 Å². The minimum atomic E-state index is -0.354. The van der Waals surface area contributed by atoms with E-state index < -0.39 is 0 Å². The maximum atomic E-state index is 11.8. The number of morpholine rings is 1. The highest BCUT2D eigenvalue weighted by Gasteiger charge is 2.22. The smallest absolute Gasteiger partial charge is 0.250 e. The van der Waals surface area contributed by atoms with Gasteiger partial charge in [-0.1, -0.05) is 6.92 Å². The van der Waals surface area contributed by atoms with Crippen LogP contribution in [0.5, 0.6) is 0 Å². The average molecular weight is 255 g/mol. The maximum Gasteiger partial charge on any atom is 0.250 e. The van der Waals surface area contributed by atoms with Crippen LogP contribution in [0.3, 0.4) is 0 Å². The molecular weight excluding hydrogens is 238 g/mol. The highest BCUT2D eigenvalue weighted by atomic mass is 32.1. The average Bonchev–Trinajstić information content (AvgIpc) is 2.90. The van der Waals surface area contributed by atoms with Crippen LogP contribution in [0.1, 0.15) is 17.8 Å². The summed E-state index contributed by atoms with van der Waals surface area (Å²) in [6.45, 7) is 4.67. The first-order valence-electron chi connectivity index (χ1n) is 5.77. The van der Waals surface area contributed by atoms with Crippen molar-refractivity contribution in [2.24, 2.45) is 0 Å². The number of hydrogen-bond acceptors (Lipinski definition) is 5. The van der Waals surface area contributed by atoms with Gasteiger partial charge in [-0.25, -0.2) is 4.98 Å². The standard InChI is InChI=1S/C11H17N3O2S/c1-8(11-13-3-5-17-11)6-14-10(15)9-7-12-2-4-16-9/h3,5,8-9,12H,2,4,6-7H2,1H3,(H,14,15). The molecule has 0 saturated carbocycles. The van der Waals surface area contributed by atoms with Gasteiger partial charge in [-0.3, -0.25) is 4.79 Å². The molecule has 1 aromatic heterocycles. The zero-order valence-electron chi connectivity index (χ0n) is 9.81. The van der Waals surface area contributed by atoms with E-state index >= 15 is 0 Å². The van der Waals surface area contributed by atoms with Gasteiger partial charge in [-0.2, -0.15) is 0 Å². The van der Waals surface area contributed by atoms with E-state index in [9.17, 15) is 4.79 Å². The second kappa shape index (κ2) is 6.09. The van der Waals surface area contributed by atoms with E-state index in [1.165, 1.54) is 0 Å². The third-order valence-electron chi connectivity index (χ3n) is 2.68. The predicted molar refractivity (Wildman–Crippen MR) is 66.1 cm³/mol. The molecule has 17 heavy (non-hydrogen) atoms. The molecule has 2 atom stereocenters. The number of ether oxygens (including phenoxy) is 1. The van der Waals surface area contributed by atoms with Gasteiger partial charge in [0.2, 0.25) is 5.91 Å². The fourth-order valence-corrected chi connectivity index (χ4v) is 2.37. The lowest BCUT2D eigenvalue weighted by molar-refractivity contribution is -0.134. The van der Waals surface area contributed by atoms with Gasteiger partial charge < -0.3 is 15.4 Å². The Labute approximate surface area is 105 Å². The summed E-state index contributed by atoms with van der Waals surface area (Å²) in [6.07, 6.45) is 1.43. The van der Waals surface area contributed by atoms with E-state index in [4.69, 9.17) is 4.74 Å². The van der Waals surface area contributed by atoms with Crippen molar-refractivity contribution in [2.75, 3.05) is 26.2 Å². The van der Waals surface area contributed by atoms with Crippen molar-refractivity contribution >= 4 is 17.2 Å². The molecule has 1 aromatic rings. The lowest BCUT2D eigenvalue weighted by atomic mass is 10.2. The van der Waals surface area contributed by atoms with E-state index in [1.807, 2.05) is 5.38 Å². The number of hydrogen-bond donors (Lipinski definition) is 2. The number of thiazole rings is 1. The summed E-state index contributed by atoms with van der Waals surface area (Å²) in [5.74, 6) is 0.205. The number of nitrogens with zero attached hydrogens (tertiary/aromatic N) is 1. The molecule has 0 spiro atoms. The Kier molecular flexibility index (Phi) is 4.47. The minimum absolute atomic E-state index is 0.0411. The number of nitrogens with one attached hydrogen (secondary N) is 2. The van der Waals surface area contributed by atoms with E-state index in [-0.39, 0.29) is 17.9 Å². The van der Waals surface area contributed by atoms with Gasteiger partial charge in [0.15, 0.2) is 0 Å². The molecule has 0 bridgehead atoms. The van der Waals surface area contributed by atoms with Gasteiger partial charge in [-0.15, -0.1) is 11.3 Å². The van der Waals surface area contributed by atoms with Crippen LogP contribution in [0.4, 0.5) is 0 Å². The molecule has 0 aromatic carbocycles. The fraction of sp³-hybridized carbons (Fsp3) is 0.636. The first kappa shape index (κ1) is 12.5. The van der Waals surface area contributed by atoms with Crippen LogP contribution in [0.15, 0.2) is 11.6 Å². The molecule has 1 saturated heterocycles. The Morgan fingerprint density at radius 2 is 2.71 bits per heavy atom. The van der Waals surface area contributed by atoms with Gasteiger partial charge in [-0.05, 0) is 0 Å². The van der Waals surface area contributed by atoms with Crippen LogP contribution < -0.4 is 10.6 Å². The molecule has 6 heteroatoms. The summed E-state index contributed by atoms with van der Waals surface area (Å²) in [5.41, 5.74) is 0. The van der Waals surface area contributed by atoms with Gasteiger partial charge in [0.25, 0.3) is 0 Å². The van der Waals surface area contributed by atoms with Crippen molar-refractivity contribution in [3.8, 4) is 0 Å². The van der Waals surface area contributed by atoms with Crippen molar-refractivity contribution in [1.82, 2.24) is 15.6 Å². The summed E-state index contributed by atoms with van der Waals surface area (Å²) in [7, 11) is 0. The van der Waals surface area contributed by atoms with Crippen molar-refractivity contribution in [3.63, 3.8) is 0 Å². The Bertz CT molecular complexity index is 350. The molecule has 1 fully saturated rings. The predicted octanol–water partition coefficient (Wildman–Crippen LogP) is 0.351. The lowest BCUT2D eigenvalue weighted by Gasteiger charge is -2.23. The molecule has 0 radical (unpaired) electrons. The van der Waals surface area contributed by atoms with Crippen LogP contribution in [0.25, 0.3) is 0 Å². The number of carbonyl (C=O) groups excluding carboxylic acids is 1. The monoisotopic (exact) mass is 255 g/mol. The Morgan fingerprint density at radius 3 is 3.35 bits per heavy atom. The summed E-state index contributed by atoms with van der Waals surface area (Å²) < 4.78 is 5.38. The molecule has 1 aliphatic rings. The molecule has 0 aliphatic carbocycles. The third kappa shape index (κ3) is 3.49. The SMILES string of the molecule is CC(CNC(=O)C1CNCCO1)c1nccs1.